The molecule has 0 saturated heterocycles. The molecule has 5 heteroatoms. The largest absolute Gasteiger partial charge is 0.479 e. The van der Waals surface area contributed by atoms with Crippen molar-refractivity contribution >= 4 is 27.5 Å². The van der Waals surface area contributed by atoms with Crippen LogP contribution in [0.25, 0.3) is 0 Å². The maximum absolute atomic E-state index is 11.8. The monoisotopic (exact) mass is 310 g/mol. The van der Waals surface area contributed by atoms with E-state index in [-0.39, 0.29) is 23.3 Å². The van der Waals surface area contributed by atoms with E-state index in [1.807, 2.05) is 19.9 Å². The molecule has 0 bridgehead atoms. The van der Waals surface area contributed by atoms with Gasteiger partial charge in [-0.15, -0.1) is 0 Å². The maximum atomic E-state index is 11.8. The molecule has 0 aliphatic rings. The van der Waals surface area contributed by atoms with Crippen LogP contribution in [0.3, 0.4) is 0 Å². The fraction of sp³-hybridized carbons (Fsp3) is 0.385. The molecule has 0 saturated carbocycles. The number of hydrogen-bond donors (Lipinski definition) is 1. The number of nitrogens with one attached hydrogen (secondary N) is 1. The molecule has 96 valence electrons. The van der Waals surface area contributed by atoms with E-state index in [2.05, 4.69) is 21.2 Å². The molecule has 1 amide bonds. The summed E-state index contributed by atoms with van der Waals surface area (Å²) in [5, 5.41) is 11.2. The average molecular weight is 311 g/mol. The summed E-state index contributed by atoms with van der Waals surface area (Å²) in [7, 11) is 0. The summed E-state index contributed by atoms with van der Waals surface area (Å²) in [5.41, 5.74) is 0.653. The topological polar surface area (TPSA) is 62.1 Å². The number of hydrogen-bond acceptors (Lipinski definition) is 3. The lowest BCUT2D eigenvalue weighted by atomic mass is 10.1. The quantitative estimate of drug-likeness (QED) is 0.850. The number of rotatable bonds is 5. The minimum atomic E-state index is -0.235. The van der Waals surface area contributed by atoms with Gasteiger partial charge in [0, 0.05) is 11.8 Å². The molecule has 1 aromatic carbocycles. The predicted octanol–water partition coefficient (Wildman–Crippen LogP) is 2.95. The first-order valence-electron chi connectivity index (χ1n) is 5.59. The number of amides is 1. The van der Waals surface area contributed by atoms with Gasteiger partial charge in [0.05, 0.1) is 4.83 Å². The maximum Gasteiger partial charge on any atom is 0.238 e. The molecule has 0 fully saturated rings. The second-order valence-electron chi connectivity index (χ2n) is 4.11. The Labute approximate surface area is 115 Å². The van der Waals surface area contributed by atoms with Crippen molar-refractivity contribution in [3.63, 3.8) is 0 Å². The summed E-state index contributed by atoms with van der Waals surface area (Å²) < 4.78 is 5.16. The van der Waals surface area contributed by atoms with Crippen LogP contribution in [0.15, 0.2) is 24.3 Å². The number of carbonyl (C=O) groups excluding carboxylic acids is 1. The summed E-state index contributed by atoms with van der Waals surface area (Å²) in [6.07, 6.45) is 0. The number of nitriles is 1. The highest BCUT2D eigenvalue weighted by Crippen LogP contribution is 2.19. The van der Waals surface area contributed by atoms with Crippen LogP contribution in [0.2, 0.25) is 0 Å². The third-order valence-corrected chi connectivity index (χ3v) is 3.71. The van der Waals surface area contributed by atoms with Crippen molar-refractivity contribution in [1.29, 1.82) is 5.26 Å². The number of alkyl halides is 1. The van der Waals surface area contributed by atoms with Crippen LogP contribution >= 0.6 is 15.9 Å². The second-order valence-corrected chi connectivity index (χ2v) is 5.10. The van der Waals surface area contributed by atoms with E-state index >= 15 is 0 Å². The van der Waals surface area contributed by atoms with Crippen molar-refractivity contribution < 1.29 is 9.53 Å². The highest BCUT2D eigenvalue weighted by molar-refractivity contribution is 9.10. The van der Waals surface area contributed by atoms with Crippen molar-refractivity contribution in [1.82, 2.24) is 0 Å². The molecule has 0 aromatic heterocycles. The summed E-state index contributed by atoms with van der Waals surface area (Å²) in [4.78, 5) is 11.6. The van der Waals surface area contributed by atoms with Crippen LogP contribution in [0.5, 0.6) is 5.75 Å². The molecular weight excluding hydrogens is 296 g/mol. The smallest absolute Gasteiger partial charge is 0.238 e. The van der Waals surface area contributed by atoms with E-state index in [9.17, 15) is 4.79 Å². The van der Waals surface area contributed by atoms with Gasteiger partial charge in [0.1, 0.15) is 11.8 Å². The Morgan fingerprint density at radius 1 is 1.56 bits per heavy atom. The molecule has 0 aliphatic heterocycles. The van der Waals surface area contributed by atoms with Crippen molar-refractivity contribution in [2.24, 2.45) is 5.92 Å². The molecule has 0 spiro atoms. The predicted molar refractivity (Wildman–Crippen MR) is 73.7 cm³/mol. The van der Waals surface area contributed by atoms with Gasteiger partial charge in [-0.05, 0) is 18.1 Å². The van der Waals surface area contributed by atoms with Crippen molar-refractivity contribution in [3.8, 4) is 11.8 Å². The zero-order valence-electron chi connectivity index (χ0n) is 10.3. The lowest BCUT2D eigenvalue weighted by Crippen LogP contribution is -2.26. The summed E-state index contributed by atoms with van der Waals surface area (Å²) >= 11 is 3.34. The molecule has 0 radical (unpaired) electrons. The standard InChI is InChI=1S/C13H15BrN2O2/c1-9(2)12(14)13(17)16-10-4-3-5-11(8-10)18-7-6-15/h3-5,8-9,12H,7H2,1-2H3,(H,16,17). The molecule has 0 aliphatic carbocycles. The van der Waals surface area contributed by atoms with Gasteiger partial charge in [0.25, 0.3) is 0 Å². The molecule has 1 aromatic rings. The van der Waals surface area contributed by atoms with Gasteiger partial charge >= 0.3 is 0 Å². The Morgan fingerprint density at radius 2 is 2.28 bits per heavy atom. The molecular formula is C13H15BrN2O2. The SMILES string of the molecule is CC(C)C(Br)C(=O)Nc1cccc(OCC#N)c1. The number of anilines is 1. The van der Waals surface area contributed by atoms with Gasteiger partial charge in [-0.25, -0.2) is 0 Å². The van der Waals surface area contributed by atoms with Crippen LogP contribution in [0.4, 0.5) is 5.69 Å². The molecule has 0 heterocycles. The fourth-order valence-electron chi connectivity index (χ4n) is 1.29. The van der Waals surface area contributed by atoms with Crippen LogP contribution in [-0.2, 0) is 4.79 Å². The Morgan fingerprint density at radius 3 is 2.89 bits per heavy atom. The first-order valence-corrected chi connectivity index (χ1v) is 6.51. The fourth-order valence-corrected chi connectivity index (χ4v) is 1.41. The molecule has 1 unspecified atom stereocenters. The Balaban J connectivity index is 2.67. The highest BCUT2D eigenvalue weighted by atomic mass is 79.9. The van der Waals surface area contributed by atoms with Gasteiger partial charge in [-0.1, -0.05) is 35.8 Å². The third kappa shape index (κ3) is 4.38. The first kappa shape index (κ1) is 14.5. The molecule has 1 atom stereocenters. The summed E-state index contributed by atoms with van der Waals surface area (Å²) in [6, 6.07) is 8.86. The van der Waals surface area contributed by atoms with Crippen molar-refractivity contribution in [2.75, 3.05) is 11.9 Å². The number of carbonyl (C=O) groups is 1. The van der Waals surface area contributed by atoms with Crippen LogP contribution in [-0.4, -0.2) is 17.3 Å². The van der Waals surface area contributed by atoms with Gasteiger partial charge in [-0.3, -0.25) is 4.79 Å². The molecule has 18 heavy (non-hydrogen) atoms. The third-order valence-electron chi connectivity index (χ3n) is 2.24. The van der Waals surface area contributed by atoms with Crippen molar-refractivity contribution in [3.05, 3.63) is 24.3 Å². The van der Waals surface area contributed by atoms with Crippen molar-refractivity contribution in [2.45, 2.75) is 18.7 Å². The van der Waals surface area contributed by atoms with E-state index in [0.717, 1.165) is 0 Å². The number of nitrogens with zero attached hydrogens (tertiary/aromatic N) is 1. The second kappa shape index (κ2) is 7.02. The van der Waals surface area contributed by atoms with Gasteiger partial charge in [-0.2, -0.15) is 5.26 Å². The van der Waals surface area contributed by atoms with Gasteiger partial charge in [0.2, 0.25) is 5.91 Å². The first-order chi connectivity index (χ1) is 8.54. The average Bonchev–Trinajstić information content (AvgIpc) is 2.35. The van der Waals surface area contributed by atoms with E-state index in [4.69, 9.17) is 10.00 Å². The normalized spacial score (nSPS) is 11.7. The number of halogens is 1. The Hall–Kier alpha value is -1.54. The van der Waals surface area contributed by atoms with E-state index in [1.54, 1.807) is 24.3 Å². The Kier molecular flexibility index (Phi) is 5.66. The number of ether oxygens (including phenoxy) is 1. The summed E-state index contributed by atoms with van der Waals surface area (Å²) in [6.45, 7) is 3.92. The molecule has 1 rings (SSSR count). The minimum absolute atomic E-state index is 0.00946. The van der Waals surface area contributed by atoms with E-state index in [0.29, 0.717) is 11.4 Å². The van der Waals surface area contributed by atoms with Crippen LogP contribution < -0.4 is 10.1 Å². The van der Waals surface area contributed by atoms with E-state index in [1.165, 1.54) is 0 Å². The lowest BCUT2D eigenvalue weighted by molar-refractivity contribution is -0.116. The van der Waals surface area contributed by atoms with Crippen LogP contribution in [0, 0.1) is 17.2 Å². The molecule has 4 nitrogen and oxygen atoms in total. The number of benzene rings is 1. The zero-order chi connectivity index (χ0) is 13.5. The van der Waals surface area contributed by atoms with Gasteiger partial charge in [0.15, 0.2) is 6.61 Å². The summed E-state index contributed by atoms with van der Waals surface area (Å²) in [5.74, 6) is 0.676. The minimum Gasteiger partial charge on any atom is -0.479 e. The van der Waals surface area contributed by atoms with E-state index < -0.39 is 0 Å². The lowest BCUT2D eigenvalue weighted by Gasteiger charge is -2.14. The van der Waals surface area contributed by atoms with Gasteiger partial charge < -0.3 is 10.1 Å². The van der Waals surface area contributed by atoms with Crippen LogP contribution in [0.1, 0.15) is 13.8 Å². The zero-order valence-corrected chi connectivity index (χ0v) is 11.9. The highest BCUT2D eigenvalue weighted by Gasteiger charge is 2.18. The molecule has 1 N–H and O–H groups in total. The Bertz CT molecular complexity index is 455.